The number of hydrogen-bond donors (Lipinski definition) is 1. The van der Waals surface area contributed by atoms with E-state index in [-0.39, 0.29) is 0 Å². The molecule has 2 heteroatoms. The van der Waals surface area contributed by atoms with E-state index in [2.05, 4.69) is 5.32 Å². The molecule has 3 fully saturated rings. The van der Waals surface area contributed by atoms with Crippen LogP contribution in [0.1, 0.15) is 26.7 Å². The van der Waals surface area contributed by atoms with Gasteiger partial charge in [0.25, 0.3) is 0 Å². The number of ether oxygens (including phenoxy) is 1. The van der Waals surface area contributed by atoms with Crippen molar-refractivity contribution in [3.05, 3.63) is 0 Å². The molecule has 1 N–H and O–H groups in total. The summed E-state index contributed by atoms with van der Waals surface area (Å²) in [5, 5.41) is 3.39. The molecule has 3 aliphatic heterocycles. The quantitative estimate of drug-likeness (QED) is 0.549. The molecule has 1 unspecified atom stereocenters. The van der Waals surface area contributed by atoms with Gasteiger partial charge in [-0.25, -0.2) is 0 Å². The second kappa shape index (κ2) is 3.94. The molecule has 0 aliphatic carbocycles. The van der Waals surface area contributed by atoms with Crippen LogP contribution < -0.4 is 5.32 Å². The zero-order valence-electron chi connectivity index (χ0n) is 6.89. The molecule has 0 amide bonds. The van der Waals surface area contributed by atoms with E-state index < -0.39 is 0 Å². The molecular formula is C8H17NO. The van der Waals surface area contributed by atoms with Crippen molar-refractivity contribution in [3.8, 4) is 0 Å². The molecular weight excluding hydrogens is 126 g/mol. The number of nitrogens with one attached hydrogen (secondary N) is 1. The summed E-state index contributed by atoms with van der Waals surface area (Å²) in [5.41, 5.74) is 0. The third kappa shape index (κ3) is 1.70. The first-order valence-corrected chi connectivity index (χ1v) is 4.30. The van der Waals surface area contributed by atoms with Crippen molar-refractivity contribution in [2.75, 3.05) is 13.2 Å². The number of hydrogen-bond acceptors (Lipinski definition) is 2. The topological polar surface area (TPSA) is 21.3 Å². The van der Waals surface area contributed by atoms with Crippen LogP contribution in [0.5, 0.6) is 0 Å². The lowest BCUT2D eigenvalue weighted by atomic mass is 10.0. The maximum atomic E-state index is 5.41. The Hall–Kier alpha value is -0.0800. The molecule has 3 rings (SSSR count). The molecule has 10 heavy (non-hydrogen) atoms. The smallest absolute Gasteiger partial charge is 0.0700 e. The Bertz CT molecular complexity index is 64.2. The Labute approximate surface area is 63.0 Å². The van der Waals surface area contributed by atoms with Crippen molar-refractivity contribution >= 4 is 0 Å². The molecule has 2 nitrogen and oxygen atoms in total. The Kier molecular flexibility index (Phi) is 3.16. The summed E-state index contributed by atoms with van der Waals surface area (Å²) in [7, 11) is 0. The monoisotopic (exact) mass is 143 g/mol. The predicted octanol–water partition coefficient (Wildman–Crippen LogP) is 1.16. The molecule has 0 saturated carbocycles. The summed E-state index contributed by atoms with van der Waals surface area (Å²) >= 11 is 0. The van der Waals surface area contributed by atoms with E-state index in [1.165, 1.54) is 12.8 Å². The van der Waals surface area contributed by atoms with Gasteiger partial charge in [-0.05, 0) is 12.8 Å². The van der Waals surface area contributed by atoms with E-state index in [1.54, 1.807) is 0 Å². The van der Waals surface area contributed by atoms with Crippen LogP contribution in [0.25, 0.3) is 0 Å². The molecule has 2 bridgehead atoms. The first-order valence-electron chi connectivity index (χ1n) is 4.30. The van der Waals surface area contributed by atoms with Crippen molar-refractivity contribution < 1.29 is 4.74 Å². The SMILES string of the molecule is C1C[C@H]2CNC1CO2.CC. The van der Waals surface area contributed by atoms with Gasteiger partial charge in [0.1, 0.15) is 0 Å². The van der Waals surface area contributed by atoms with E-state index in [9.17, 15) is 0 Å². The fourth-order valence-electron chi connectivity index (χ4n) is 1.43. The average Bonchev–Trinajstić information content (AvgIpc) is 2.11. The van der Waals surface area contributed by atoms with Gasteiger partial charge in [-0.1, -0.05) is 13.8 Å². The Balaban J connectivity index is 0.000000231. The molecule has 3 aliphatic rings. The van der Waals surface area contributed by atoms with Crippen molar-refractivity contribution in [3.63, 3.8) is 0 Å². The molecule has 0 spiro atoms. The minimum absolute atomic E-state index is 0.542. The van der Waals surface area contributed by atoms with Crippen LogP contribution in [-0.4, -0.2) is 25.3 Å². The highest BCUT2D eigenvalue weighted by Crippen LogP contribution is 2.17. The molecule has 0 radical (unpaired) electrons. The second-order valence-electron chi connectivity index (χ2n) is 2.64. The molecule has 3 heterocycles. The summed E-state index contributed by atoms with van der Waals surface area (Å²) in [6, 6.07) is 0.681. The zero-order valence-corrected chi connectivity index (χ0v) is 6.89. The molecule has 0 aromatic rings. The predicted molar refractivity (Wildman–Crippen MR) is 42.1 cm³/mol. The summed E-state index contributed by atoms with van der Waals surface area (Å²) < 4.78 is 5.41. The van der Waals surface area contributed by atoms with E-state index in [0.29, 0.717) is 12.1 Å². The lowest BCUT2D eigenvalue weighted by Crippen LogP contribution is -2.51. The van der Waals surface area contributed by atoms with E-state index >= 15 is 0 Å². The van der Waals surface area contributed by atoms with Gasteiger partial charge < -0.3 is 10.1 Å². The lowest BCUT2D eigenvalue weighted by Gasteiger charge is -2.36. The Morgan fingerprint density at radius 3 is 2.20 bits per heavy atom. The highest BCUT2D eigenvalue weighted by molar-refractivity contribution is 4.83. The number of piperidine rings is 1. The summed E-state index contributed by atoms with van der Waals surface area (Å²) in [6.07, 6.45) is 3.14. The summed E-state index contributed by atoms with van der Waals surface area (Å²) in [6.45, 7) is 6.04. The number of rotatable bonds is 0. The summed E-state index contributed by atoms with van der Waals surface area (Å²) in [5.74, 6) is 0. The zero-order chi connectivity index (χ0) is 7.40. The first-order chi connectivity index (χ1) is 4.95. The van der Waals surface area contributed by atoms with Crippen LogP contribution in [0, 0.1) is 0 Å². The molecule has 0 aromatic carbocycles. The van der Waals surface area contributed by atoms with E-state index in [4.69, 9.17) is 4.74 Å². The minimum Gasteiger partial charge on any atom is -0.375 e. The number of fused-ring (bicyclic) bond motifs is 3. The van der Waals surface area contributed by atoms with Crippen molar-refractivity contribution in [2.24, 2.45) is 0 Å². The van der Waals surface area contributed by atoms with Crippen molar-refractivity contribution in [1.82, 2.24) is 5.32 Å². The van der Waals surface area contributed by atoms with E-state index in [0.717, 1.165) is 13.2 Å². The fourth-order valence-corrected chi connectivity index (χ4v) is 1.43. The normalized spacial score (nSPS) is 36.6. The largest absolute Gasteiger partial charge is 0.375 e. The van der Waals surface area contributed by atoms with Gasteiger partial charge in [0, 0.05) is 12.6 Å². The van der Waals surface area contributed by atoms with Gasteiger partial charge in [0.2, 0.25) is 0 Å². The van der Waals surface area contributed by atoms with Crippen LogP contribution in [0.3, 0.4) is 0 Å². The molecule has 60 valence electrons. The van der Waals surface area contributed by atoms with Crippen LogP contribution in [0.15, 0.2) is 0 Å². The van der Waals surface area contributed by atoms with E-state index in [1.807, 2.05) is 13.8 Å². The molecule has 0 aromatic heterocycles. The van der Waals surface area contributed by atoms with Crippen LogP contribution in [-0.2, 0) is 4.74 Å². The maximum absolute atomic E-state index is 5.41. The lowest BCUT2D eigenvalue weighted by molar-refractivity contribution is -0.0385. The Morgan fingerprint density at radius 1 is 1.30 bits per heavy atom. The third-order valence-corrected chi connectivity index (χ3v) is 2.00. The fraction of sp³-hybridized carbons (Fsp3) is 1.00. The highest BCUT2D eigenvalue weighted by atomic mass is 16.5. The summed E-state index contributed by atoms with van der Waals surface area (Å²) in [4.78, 5) is 0. The van der Waals surface area contributed by atoms with Crippen molar-refractivity contribution in [1.29, 1.82) is 0 Å². The standard InChI is InChI=1S/C6H11NO.C2H6/c1-2-6-3-7-5(1)4-8-6;1-2/h5-7H,1-4H2;1-2H3/t5?,6-;/m0./s1. The van der Waals surface area contributed by atoms with Crippen LogP contribution in [0.4, 0.5) is 0 Å². The second-order valence-corrected chi connectivity index (χ2v) is 2.64. The van der Waals surface area contributed by atoms with Gasteiger partial charge in [-0.15, -0.1) is 0 Å². The first kappa shape index (κ1) is 8.02. The Morgan fingerprint density at radius 2 is 2.10 bits per heavy atom. The van der Waals surface area contributed by atoms with Gasteiger partial charge >= 0.3 is 0 Å². The van der Waals surface area contributed by atoms with Crippen LogP contribution >= 0.6 is 0 Å². The van der Waals surface area contributed by atoms with Gasteiger partial charge in [-0.3, -0.25) is 0 Å². The minimum atomic E-state index is 0.542. The molecule has 2 atom stereocenters. The highest BCUT2D eigenvalue weighted by Gasteiger charge is 2.26. The van der Waals surface area contributed by atoms with Gasteiger partial charge in [-0.2, -0.15) is 0 Å². The third-order valence-electron chi connectivity index (χ3n) is 2.00. The maximum Gasteiger partial charge on any atom is 0.0700 e. The average molecular weight is 143 g/mol. The van der Waals surface area contributed by atoms with Crippen LogP contribution in [0.2, 0.25) is 0 Å². The van der Waals surface area contributed by atoms with Gasteiger partial charge in [0.05, 0.1) is 12.7 Å². The molecule has 3 saturated heterocycles. The number of morpholine rings is 1. The van der Waals surface area contributed by atoms with Crippen molar-refractivity contribution in [2.45, 2.75) is 38.8 Å². The van der Waals surface area contributed by atoms with Gasteiger partial charge in [0.15, 0.2) is 0 Å².